The van der Waals surface area contributed by atoms with E-state index < -0.39 is 0 Å². The SMILES string of the molecule is CCCCCCCC/C=C\CCCCCCCCC1(CCCCCCCC/C=C\CCCCCCCC)OC[C@H](CCCN(C)C)O1. The van der Waals surface area contributed by atoms with E-state index in [1.165, 1.54) is 186 Å². The Morgan fingerprint density at radius 2 is 0.851 bits per heavy atom. The highest BCUT2D eigenvalue weighted by atomic mass is 16.7. The van der Waals surface area contributed by atoms with Gasteiger partial charge in [-0.1, -0.05) is 154 Å². The van der Waals surface area contributed by atoms with Crippen molar-refractivity contribution < 1.29 is 9.47 Å². The van der Waals surface area contributed by atoms with E-state index >= 15 is 0 Å². The molecule has 1 fully saturated rings. The Hall–Kier alpha value is -0.640. The van der Waals surface area contributed by atoms with E-state index in [9.17, 15) is 0 Å². The maximum Gasteiger partial charge on any atom is 0.168 e. The first kappa shape index (κ1) is 44.4. The third-order valence-electron chi connectivity index (χ3n) is 10.2. The standard InChI is InChI=1S/C44H85NO2/c1-5-7-9-11-13-15-17-19-21-23-25-27-29-31-33-35-39-44(46-42-43(47-44)38-37-41-45(3)4)40-36-34-32-30-28-26-24-22-20-18-16-14-12-10-8-6-2/h19-22,43H,5-18,23-42H2,1-4H3/b21-19-,22-20-/t43-/m0/s1. The minimum atomic E-state index is -0.301. The van der Waals surface area contributed by atoms with Crippen LogP contribution in [0.25, 0.3) is 0 Å². The molecule has 0 aromatic carbocycles. The van der Waals surface area contributed by atoms with E-state index in [-0.39, 0.29) is 11.9 Å². The van der Waals surface area contributed by atoms with Crippen molar-refractivity contribution in [2.75, 3.05) is 27.2 Å². The maximum atomic E-state index is 6.72. The molecule has 278 valence electrons. The first-order chi connectivity index (χ1) is 23.1. The highest BCUT2D eigenvalue weighted by Gasteiger charge is 2.40. The van der Waals surface area contributed by atoms with Crippen molar-refractivity contribution in [3.63, 3.8) is 0 Å². The van der Waals surface area contributed by atoms with Crippen molar-refractivity contribution in [2.45, 2.75) is 231 Å². The van der Waals surface area contributed by atoms with Crippen molar-refractivity contribution in [3.8, 4) is 0 Å². The molecule has 1 aliphatic rings. The number of hydrogen-bond donors (Lipinski definition) is 0. The van der Waals surface area contributed by atoms with Crippen LogP contribution in [0.4, 0.5) is 0 Å². The first-order valence-corrected chi connectivity index (χ1v) is 21.4. The van der Waals surface area contributed by atoms with Crippen molar-refractivity contribution in [3.05, 3.63) is 24.3 Å². The van der Waals surface area contributed by atoms with Crippen LogP contribution in [-0.4, -0.2) is 44.0 Å². The lowest BCUT2D eigenvalue weighted by Crippen LogP contribution is -2.31. The van der Waals surface area contributed by atoms with Crippen molar-refractivity contribution in [1.29, 1.82) is 0 Å². The molecule has 0 unspecified atom stereocenters. The summed E-state index contributed by atoms with van der Waals surface area (Å²) in [7, 11) is 4.33. The zero-order valence-corrected chi connectivity index (χ0v) is 32.7. The van der Waals surface area contributed by atoms with Gasteiger partial charge in [0, 0.05) is 12.8 Å². The van der Waals surface area contributed by atoms with Crippen LogP contribution in [0.15, 0.2) is 24.3 Å². The highest BCUT2D eigenvalue weighted by Crippen LogP contribution is 2.36. The van der Waals surface area contributed by atoms with Crippen LogP contribution in [0, 0.1) is 0 Å². The molecule has 0 aromatic heterocycles. The van der Waals surface area contributed by atoms with Crippen LogP contribution in [0.3, 0.4) is 0 Å². The molecule has 1 atom stereocenters. The van der Waals surface area contributed by atoms with Gasteiger partial charge in [0.1, 0.15) is 0 Å². The number of unbranched alkanes of at least 4 members (excludes halogenated alkanes) is 24. The Kier molecular flexibility index (Phi) is 32.0. The minimum absolute atomic E-state index is 0.290. The highest BCUT2D eigenvalue weighted by molar-refractivity contribution is 4.83. The molecule has 0 spiro atoms. The molecule has 0 bridgehead atoms. The van der Waals surface area contributed by atoms with Crippen molar-refractivity contribution in [2.24, 2.45) is 0 Å². The van der Waals surface area contributed by atoms with Gasteiger partial charge in [-0.2, -0.15) is 0 Å². The van der Waals surface area contributed by atoms with E-state index in [0.29, 0.717) is 0 Å². The summed E-state index contributed by atoms with van der Waals surface area (Å²) in [6, 6.07) is 0. The largest absolute Gasteiger partial charge is 0.347 e. The molecule has 0 radical (unpaired) electrons. The van der Waals surface area contributed by atoms with Crippen molar-refractivity contribution in [1.82, 2.24) is 4.90 Å². The molecular formula is C44H85NO2. The molecule has 0 N–H and O–H groups in total. The fourth-order valence-corrected chi connectivity index (χ4v) is 7.06. The van der Waals surface area contributed by atoms with Crippen molar-refractivity contribution >= 4 is 0 Å². The monoisotopic (exact) mass is 660 g/mol. The van der Waals surface area contributed by atoms with Gasteiger partial charge in [-0.15, -0.1) is 0 Å². The number of ether oxygens (including phenoxy) is 2. The van der Waals surface area contributed by atoms with E-state index in [4.69, 9.17) is 9.47 Å². The predicted molar refractivity (Wildman–Crippen MR) is 209 cm³/mol. The predicted octanol–water partition coefficient (Wildman–Crippen LogP) is 14.3. The lowest BCUT2D eigenvalue weighted by atomic mass is 9.98. The Morgan fingerprint density at radius 3 is 1.23 bits per heavy atom. The summed E-state index contributed by atoms with van der Waals surface area (Å²) in [6.07, 6.45) is 52.5. The third-order valence-corrected chi connectivity index (χ3v) is 10.2. The second-order valence-electron chi connectivity index (χ2n) is 15.3. The Bertz CT molecular complexity index is 644. The summed E-state index contributed by atoms with van der Waals surface area (Å²) >= 11 is 0. The molecule has 1 heterocycles. The van der Waals surface area contributed by atoms with Gasteiger partial charge in [-0.25, -0.2) is 0 Å². The Labute approximate surface area is 296 Å². The van der Waals surface area contributed by atoms with Crippen LogP contribution in [0.5, 0.6) is 0 Å². The van der Waals surface area contributed by atoms with E-state index in [2.05, 4.69) is 57.1 Å². The lowest BCUT2D eigenvalue weighted by molar-refractivity contribution is -0.180. The van der Waals surface area contributed by atoms with Gasteiger partial charge in [0.2, 0.25) is 0 Å². The Balaban J connectivity index is 2.15. The number of hydrogen-bond acceptors (Lipinski definition) is 3. The van der Waals surface area contributed by atoms with Gasteiger partial charge in [0.15, 0.2) is 5.79 Å². The quantitative estimate of drug-likeness (QED) is 0.0493. The second kappa shape index (κ2) is 33.8. The van der Waals surface area contributed by atoms with Crippen LogP contribution in [-0.2, 0) is 9.47 Å². The van der Waals surface area contributed by atoms with Crippen LogP contribution in [0.1, 0.15) is 219 Å². The van der Waals surface area contributed by atoms with E-state index in [1.807, 2.05) is 0 Å². The fourth-order valence-electron chi connectivity index (χ4n) is 7.06. The maximum absolute atomic E-state index is 6.72. The fraction of sp³-hybridized carbons (Fsp3) is 0.909. The molecule has 1 rings (SSSR count). The van der Waals surface area contributed by atoms with Crippen LogP contribution in [0.2, 0.25) is 0 Å². The smallest absolute Gasteiger partial charge is 0.168 e. The molecular weight excluding hydrogens is 574 g/mol. The topological polar surface area (TPSA) is 21.7 Å². The number of rotatable bonds is 36. The van der Waals surface area contributed by atoms with Gasteiger partial charge < -0.3 is 14.4 Å². The second-order valence-corrected chi connectivity index (χ2v) is 15.3. The summed E-state index contributed by atoms with van der Waals surface area (Å²) in [6.45, 7) is 6.52. The van der Waals surface area contributed by atoms with Gasteiger partial charge in [-0.05, 0) is 97.7 Å². The van der Waals surface area contributed by atoms with E-state index in [1.54, 1.807) is 0 Å². The lowest BCUT2D eigenvalue weighted by Gasteiger charge is -2.28. The van der Waals surface area contributed by atoms with Gasteiger partial charge in [-0.3, -0.25) is 0 Å². The average molecular weight is 660 g/mol. The zero-order chi connectivity index (χ0) is 33.9. The summed E-state index contributed by atoms with van der Waals surface area (Å²) in [5.41, 5.74) is 0. The van der Waals surface area contributed by atoms with Crippen LogP contribution >= 0.6 is 0 Å². The summed E-state index contributed by atoms with van der Waals surface area (Å²) in [5.74, 6) is -0.301. The van der Waals surface area contributed by atoms with Gasteiger partial charge in [0.05, 0.1) is 12.7 Å². The summed E-state index contributed by atoms with van der Waals surface area (Å²) in [4.78, 5) is 2.28. The number of nitrogens with zero attached hydrogens (tertiary/aromatic N) is 1. The number of allylic oxidation sites excluding steroid dienone is 4. The normalized spacial score (nSPS) is 16.5. The Morgan fingerprint density at radius 1 is 0.489 bits per heavy atom. The van der Waals surface area contributed by atoms with Gasteiger partial charge in [0.25, 0.3) is 0 Å². The first-order valence-electron chi connectivity index (χ1n) is 21.4. The molecule has 47 heavy (non-hydrogen) atoms. The molecule has 0 aromatic rings. The molecule has 0 aliphatic carbocycles. The molecule has 3 heteroatoms. The van der Waals surface area contributed by atoms with E-state index in [0.717, 1.165) is 32.4 Å². The zero-order valence-electron chi connectivity index (χ0n) is 32.7. The van der Waals surface area contributed by atoms with Gasteiger partial charge >= 0.3 is 0 Å². The molecule has 1 saturated heterocycles. The summed E-state index contributed by atoms with van der Waals surface area (Å²) in [5, 5.41) is 0. The third kappa shape index (κ3) is 28.9. The molecule has 1 aliphatic heterocycles. The summed E-state index contributed by atoms with van der Waals surface area (Å²) < 4.78 is 13.2. The van der Waals surface area contributed by atoms with Crippen LogP contribution < -0.4 is 0 Å². The molecule has 3 nitrogen and oxygen atoms in total. The molecule has 0 saturated carbocycles. The minimum Gasteiger partial charge on any atom is -0.347 e. The molecule has 0 amide bonds. The average Bonchev–Trinajstić information content (AvgIpc) is 3.47.